The van der Waals surface area contributed by atoms with Gasteiger partial charge in [-0.25, -0.2) is 0 Å². The Labute approximate surface area is 128 Å². The average molecular weight is 390 g/mol. The third kappa shape index (κ3) is 2.10. The average Bonchev–Trinajstić information content (AvgIpc) is 2.59. The molecule has 94 valence electrons. The van der Waals surface area contributed by atoms with Crippen molar-refractivity contribution in [2.75, 3.05) is 0 Å². The van der Waals surface area contributed by atoms with E-state index in [1.807, 2.05) is 12.1 Å². The Kier molecular flexibility index (Phi) is 3.65. The molecule has 1 heterocycles. The Morgan fingerprint density at radius 1 is 1.00 bits per heavy atom. The SMILES string of the molecule is Clc1c2c(nc3c(Br)ccc(Br)c13)CCCCC2. The lowest BCUT2D eigenvalue weighted by Crippen LogP contribution is -1.99. The van der Waals surface area contributed by atoms with Crippen molar-refractivity contribution in [3.8, 4) is 0 Å². The van der Waals surface area contributed by atoms with Crippen LogP contribution in [-0.4, -0.2) is 4.98 Å². The molecule has 2 aromatic rings. The van der Waals surface area contributed by atoms with Gasteiger partial charge in [0.15, 0.2) is 0 Å². The van der Waals surface area contributed by atoms with Gasteiger partial charge in [-0.05, 0) is 59.3 Å². The molecule has 0 spiro atoms. The van der Waals surface area contributed by atoms with Gasteiger partial charge in [0.2, 0.25) is 0 Å². The molecular formula is C14H12Br2ClN. The Bertz CT molecular complexity index is 625. The van der Waals surface area contributed by atoms with Crippen LogP contribution in [0, 0.1) is 0 Å². The molecule has 0 saturated carbocycles. The van der Waals surface area contributed by atoms with E-state index in [9.17, 15) is 0 Å². The lowest BCUT2D eigenvalue weighted by Gasteiger charge is -2.13. The number of aryl methyl sites for hydroxylation is 1. The molecule has 0 radical (unpaired) electrons. The standard InChI is InChI=1S/C14H12Br2ClN/c15-9-6-7-10(16)14-12(9)13(17)8-4-2-1-3-5-11(8)18-14/h6-7H,1-5H2. The molecule has 0 unspecified atom stereocenters. The van der Waals surface area contributed by atoms with Gasteiger partial charge >= 0.3 is 0 Å². The molecule has 0 fully saturated rings. The summed E-state index contributed by atoms with van der Waals surface area (Å²) in [6.45, 7) is 0. The Hall–Kier alpha value is -0.120. The third-order valence-electron chi connectivity index (χ3n) is 3.50. The van der Waals surface area contributed by atoms with Gasteiger partial charge < -0.3 is 0 Å². The molecule has 0 bridgehead atoms. The first-order valence-electron chi connectivity index (χ1n) is 6.13. The van der Waals surface area contributed by atoms with Gasteiger partial charge in [0.1, 0.15) is 0 Å². The summed E-state index contributed by atoms with van der Waals surface area (Å²) < 4.78 is 2.03. The van der Waals surface area contributed by atoms with Gasteiger partial charge in [-0.1, -0.05) is 34.0 Å². The second kappa shape index (κ2) is 5.10. The molecule has 0 aliphatic heterocycles. The summed E-state index contributed by atoms with van der Waals surface area (Å²) in [5.74, 6) is 0. The van der Waals surface area contributed by atoms with E-state index in [1.54, 1.807) is 0 Å². The van der Waals surface area contributed by atoms with E-state index in [2.05, 4.69) is 31.9 Å². The Morgan fingerprint density at radius 3 is 2.56 bits per heavy atom. The number of fused-ring (bicyclic) bond motifs is 2. The first-order chi connectivity index (χ1) is 8.68. The van der Waals surface area contributed by atoms with Crippen molar-refractivity contribution in [3.63, 3.8) is 0 Å². The maximum absolute atomic E-state index is 6.62. The molecule has 0 N–H and O–H groups in total. The molecule has 3 rings (SSSR count). The van der Waals surface area contributed by atoms with Crippen LogP contribution < -0.4 is 0 Å². The third-order valence-corrected chi connectivity index (χ3v) is 5.22. The normalized spacial score (nSPS) is 15.5. The second-order valence-corrected chi connectivity index (χ2v) is 6.75. The summed E-state index contributed by atoms with van der Waals surface area (Å²) in [6, 6.07) is 4.03. The van der Waals surface area contributed by atoms with E-state index in [4.69, 9.17) is 16.6 Å². The number of benzene rings is 1. The molecule has 1 aromatic heterocycles. The Balaban J connectivity index is 2.38. The predicted molar refractivity (Wildman–Crippen MR) is 83.4 cm³/mol. The van der Waals surface area contributed by atoms with E-state index in [-0.39, 0.29) is 0 Å². The van der Waals surface area contributed by atoms with Crippen LogP contribution in [0.5, 0.6) is 0 Å². The first-order valence-corrected chi connectivity index (χ1v) is 8.10. The zero-order valence-electron chi connectivity index (χ0n) is 9.77. The number of pyridine rings is 1. The van der Waals surface area contributed by atoms with Crippen molar-refractivity contribution in [1.82, 2.24) is 4.98 Å². The highest BCUT2D eigenvalue weighted by molar-refractivity contribution is 9.11. The molecule has 0 atom stereocenters. The molecular weight excluding hydrogens is 377 g/mol. The highest BCUT2D eigenvalue weighted by Crippen LogP contribution is 2.38. The number of hydrogen-bond donors (Lipinski definition) is 0. The van der Waals surface area contributed by atoms with Gasteiger partial charge in [-0.3, -0.25) is 4.98 Å². The zero-order valence-corrected chi connectivity index (χ0v) is 13.7. The number of hydrogen-bond acceptors (Lipinski definition) is 1. The number of rotatable bonds is 0. The first kappa shape index (κ1) is 12.9. The van der Waals surface area contributed by atoms with E-state index in [0.29, 0.717) is 0 Å². The van der Waals surface area contributed by atoms with Crippen LogP contribution in [0.15, 0.2) is 21.1 Å². The van der Waals surface area contributed by atoms with Crippen LogP contribution >= 0.6 is 43.5 Å². The molecule has 0 saturated heterocycles. The smallest absolute Gasteiger partial charge is 0.0873 e. The minimum Gasteiger partial charge on any atom is -0.251 e. The lowest BCUT2D eigenvalue weighted by atomic mass is 10.1. The molecule has 1 aliphatic carbocycles. The predicted octanol–water partition coefficient (Wildman–Crippen LogP) is 5.68. The summed E-state index contributed by atoms with van der Waals surface area (Å²) in [5.41, 5.74) is 3.40. The van der Waals surface area contributed by atoms with Gasteiger partial charge in [-0.2, -0.15) is 0 Å². The van der Waals surface area contributed by atoms with Crippen molar-refractivity contribution in [3.05, 3.63) is 37.4 Å². The van der Waals surface area contributed by atoms with Gasteiger partial charge in [0.05, 0.1) is 10.5 Å². The molecule has 1 aliphatic rings. The van der Waals surface area contributed by atoms with E-state index in [1.165, 1.54) is 30.5 Å². The van der Waals surface area contributed by atoms with Crippen molar-refractivity contribution in [2.45, 2.75) is 32.1 Å². The lowest BCUT2D eigenvalue weighted by molar-refractivity contribution is 0.709. The van der Waals surface area contributed by atoms with Crippen LogP contribution in [-0.2, 0) is 12.8 Å². The van der Waals surface area contributed by atoms with E-state index >= 15 is 0 Å². The molecule has 1 nitrogen and oxygen atoms in total. The molecule has 18 heavy (non-hydrogen) atoms. The van der Waals surface area contributed by atoms with E-state index in [0.717, 1.165) is 37.7 Å². The summed E-state index contributed by atoms with van der Waals surface area (Å²) in [5, 5.41) is 1.91. The largest absolute Gasteiger partial charge is 0.251 e. The summed E-state index contributed by atoms with van der Waals surface area (Å²) in [6.07, 6.45) is 5.80. The Morgan fingerprint density at radius 2 is 1.72 bits per heavy atom. The maximum atomic E-state index is 6.62. The van der Waals surface area contributed by atoms with Crippen molar-refractivity contribution in [1.29, 1.82) is 0 Å². The van der Waals surface area contributed by atoms with E-state index < -0.39 is 0 Å². The van der Waals surface area contributed by atoms with Crippen LogP contribution in [0.3, 0.4) is 0 Å². The zero-order chi connectivity index (χ0) is 12.7. The van der Waals surface area contributed by atoms with Crippen LogP contribution in [0.1, 0.15) is 30.5 Å². The fraction of sp³-hybridized carbons (Fsp3) is 0.357. The van der Waals surface area contributed by atoms with Crippen LogP contribution in [0.2, 0.25) is 5.02 Å². The monoisotopic (exact) mass is 387 g/mol. The van der Waals surface area contributed by atoms with Gasteiger partial charge in [-0.15, -0.1) is 0 Å². The van der Waals surface area contributed by atoms with Gasteiger partial charge in [0, 0.05) is 20.0 Å². The molecule has 1 aromatic carbocycles. The second-order valence-electron chi connectivity index (χ2n) is 4.66. The fourth-order valence-corrected chi connectivity index (χ4v) is 4.02. The molecule has 0 amide bonds. The summed E-state index contributed by atoms with van der Waals surface area (Å²) in [4.78, 5) is 4.84. The van der Waals surface area contributed by atoms with Crippen molar-refractivity contribution in [2.24, 2.45) is 0 Å². The fourth-order valence-electron chi connectivity index (χ4n) is 2.57. The topological polar surface area (TPSA) is 12.9 Å². The highest BCUT2D eigenvalue weighted by Gasteiger charge is 2.18. The minimum atomic E-state index is 0.880. The van der Waals surface area contributed by atoms with Gasteiger partial charge in [0.25, 0.3) is 0 Å². The van der Waals surface area contributed by atoms with Crippen LogP contribution in [0.25, 0.3) is 10.9 Å². The number of nitrogens with zero attached hydrogens (tertiary/aromatic N) is 1. The minimum absolute atomic E-state index is 0.880. The summed E-state index contributed by atoms with van der Waals surface area (Å²) >= 11 is 13.8. The van der Waals surface area contributed by atoms with Crippen LogP contribution in [0.4, 0.5) is 0 Å². The number of halogens is 3. The maximum Gasteiger partial charge on any atom is 0.0873 e. The van der Waals surface area contributed by atoms with Crippen molar-refractivity contribution >= 4 is 54.4 Å². The quantitative estimate of drug-likeness (QED) is 0.528. The highest BCUT2D eigenvalue weighted by atomic mass is 79.9. The number of aromatic nitrogens is 1. The molecule has 4 heteroatoms. The van der Waals surface area contributed by atoms with Crippen molar-refractivity contribution < 1.29 is 0 Å². The summed E-state index contributed by atoms with van der Waals surface area (Å²) in [7, 11) is 0.